The molecule has 5 nitrogen and oxygen atoms in total. The molecule has 5 heteroatoms. The van der Waals surface area contributed by atoms with Crippen molar-refractivity contribution >= 4 is 34.9 Å². The molecule has 0 atom stereocenters. The number of pyridine rings is 1. The molecule has 0 bridgehead atoms. The van der Waals surface area contributed by atoms with Gasteiger partial charge in [-0.05, 0) is 42.0 Å². The highest BCUT2D eigenvalue weighted by molar-refractivity contribution is 6.11. The van der Waals surface area contributed by atoms with Crippen molar-refractivity contribution in [2.24, 2.45) is 4.99 Å². The van der Waals surface area contributed by atoms with Crippen LogP contribution in [0.5, 0.6) is 0 Å². The maximum Gasteiger partial charge on any atom is 0.221 e. The minimum Gasteiger partial charge on any atom is -0.338 e. The predicted molar refractivity (Wildman–Crippen MR) is 110 cm³/mol. The van der Waals surface area contributed by atoms with E-state index in [4.69, 9.17) is 4.99 Å². The zero-order chi connectivity index (χ0) is 18.6. The molecule has 4 rings (SSSR count). The van der Waals surface area contributed by atoms with E-state index in [2.05, 4.69) is 15.6 Å². The first-order valence-corrected chi connectivity index (χ1v) is 8.65. The van der Waals surface area contributed by atoms with Gasteiger partial charge in [-0.3, -0.25) is 9.78 Å². The van der Waals surface area contributed by atoms with Gasteiger partial charge in [-0.2, -0.15) is 0 Å². The lowest BCUT2D eigenvalue weighted by Gasteiger charge is -2.08. The van der Waals surface area contributed by atoms with Crippen molar-refractivity contribution in [3.05, 3.63) is 78.5 Å². The minimum absolute atomic E-state index is 0.102. The van der Waals surface area contributed by atoms with Gasteiger partial charge in [0.2, 0.25) is 5.91 Å². The molecule has 1 aliphatic heterocycles. The van der Waals surface area contributed by atoms with Gasteiger partial charge < -0.3 is 10.6 Å². The lowest BCUT2D eigenvalue weighted by Crippen LogP contribution is -2.09. The van der Waals surface area contributed by atoms with Crippen LogP contribution < -0.4 is 10.6 Å². The Morgan fingerprint density at radius 1 is 1.00 bits per heavy atom. The molecule has 0 aliphatic carbocycles. The highest BCUT2D eigenvalue weighted by Gasteiger charge is 2.15. The van der Waals surface area contributed by atoms with Gasteiger partial charge in [0.15, 0.2) is 0 Å². The van der Waals surface area contributed by atoms with E-state index < -0.39 is 0 Å². The number of para-hydroxylation sites is 2. The molecule has 0 radical (unpaired) electrons. The largest absolute Gasteiger partial charge is 0.338 e. The molecule has 27 heavy (non-hydrogen) atoms. The maximum absolute atomic E-state index is 11.4. The molecule has 0 unspecified atom stereocenters. The van der Waals surface area contributed by atoms with Crippen LogP contribution in [0.3, 0.4) is 0 Å². The number of carbonyl (C=O) groups excluding carboxylic acids is 1. The molecule has 2 heterocycles. The molecule has 1 amide bonds. The lowest BCUT2D eigenvalue weighted by atomic mass is 10.1. The number of aliphatic imine (C=N–C) groups is 1. The first kappa shape index (κ1) is 16.7. The van der Waals surface area contributed by atoms with Crippen LogP contribution in [-0.4, -0.2) is 16.7 Å². The van der Waals surface area contributed by atoms with E-state index in [0.717, 1.165) is 33.9 Å². The molecule has 3 aromatic rings. The van der Waals surface area contributed by atoms with Crippen LogP contribution in [0.2, 0.25) is 0 Å². The predicted octanol–water partition coefficient (Wildman–Crippen LogP) is 4.88. The molecule has 0 saturated carbocycles. The number of hydrogen-bond donors (Lipinski definition) is 2. The number of hydrogen-bond acceptors (Lipinski definition) is 4. The minimum atomic E-state index is -0.102. The molecule has 1 aromatic heterocycles. The highest BCUT2D eigenvalue weighted by atomic mass is 16.1. The van der Waals surface area contributed by atoms with Crippen molar-refractivity contribution in [2.45, 2.75) is 6.92 Å². The number of fused-ring (bicyclic) bond motifs is 3. The molecule has 1 aliphatic rings. The first-order chi connectivity index (χ1) is 13.2. The van der Waals surface area contributed by atoms with E-state index >= 15 is 0 Å². The second-order valence-corrected chi connectivity index (χ2v) is 6.14. The fourth-order valence-electron chi connectivity index (χ4n) is 2.98. The first-order valence-electron chi connectivity index (χ1n) is 8.65. The van der Waals surface area contributed by atoms with E-state index in [1.54, 1.807) is 6.20 Å². The van der Waals surface area contributed by atoms with Crippen molar-refractivity contribution in [1.82, 2.24) is 4.98 Å². The summed E-state index contributed by atoms with van der Waals surface area (Å²) in [4.78, 5) is 20.7. The van der Waals surface area contributed by atoms with Gasteiger partial charge in [-0.15, -0.1) is 0 Å². The van der Waals surface area contributed by atoms with Gasteiger partial charge >= 0.3 is 0 Å². The van der Waals surface area contributed by atoms with Crippen LogP contribution in [0.25, 0.3) is 17.3 Å². The third kappa shape index (κ3) is 3.62. The van der Waals surface area contributed by atoms with Crippen LogP contribution in [-0.2, 0) is 4.79 Å². The van der Waals surface area contributed by atoms with Crippen LogP contribution >= 0.6 is 0 Å². The summed E-state index contributed by atoms with van der Waals surface area (Å²) in [7, 11) is 0. The number of anilines is 2. The third-order valence-electron chi connectivity index (χ3n) is 4.16. The Kier molecular flexibility index (Phi) is 4.49. The van der Waals surface area contributed by atoms with E-state index in [9.17, 15) is 4.79 Å². The van der Waals surface area contributed by atoms with Crippen molar-refractivity contribution in [3.63, 3.8) is 0 Å². The second kappa shape index (κ2) is 7.25. The zero-order valence-electron chi connectivity index (χ0n) is 14.8. The fraction of sp³-hybridized carbons (Fsp3) is 0.0455. The Hall–Kier alpha value is -3.73. The van der Waals surface area contributed by atoms with Crippen molar-refractivity contribution < 1.29 is 4.79 Å². The molecule has 132 valence electrons. The van der Waals surface area contributed by atoms with Crippen LogP contribution in [0.15, 0.2) is 77.9 Å². The second-order valence-electron chi connectivity index (χ2n) is 6.14. The molecular formula is C22H18N4O. The number of rotatable bonds is 3. The number of benzene rings is 2. The van der Waals surface area contributed by atoms with Gasteiger partial charge in [0.25, 0.3) is 0 Å². The average molecular weight is 354 g/mol. The highest BCUT2D eigenvalue weighted by Crippen LogP contribution is 2.35. The average Bonchev–Trinajstić information content (AvgIpc) is 2.83. The summed E-state index contributed by atoms with van der Waals surface area (Å²) in [5, 5.41) is 6.19. The molecule has 2 aromatic carbocycles. The number of amidine groups is 1. The topological polar surface area (TPSA) is 66.4 Å². The standard InChI is InChI=1S/C22H18N4O/c1-15(27)24-18-9-4-2-7-16(18)12-13-21-25-19-10-5-3-8-17(19)22-20(26-21)11-6-14-23-22/h2-14H,1H3,(H,24,27)(H,25,26)/b13-12+. The number of aromatic nitrogens is 1. The summed E-state index contributed by atoms with van der Waals surface area (Å²) in [5.74, 6) is 0.599. The summed E-state index contributed by atoms with van der Waals surface area (Å²) < 4.78 is 0. The van der Waals surface area contributed by atoms with Gasteiger partial charge in [0, 0.05) is 24.4 Å². The summed E-state index contributed by atoms with van der Waals surface area (Å²) >= 11 is 0. The molecule has 2 N–H and O–H groups in total. The van der Waals surface area contributed by atoms with Crippen LogP contribution in [0.4, 0.5) is 17.1 Å². The summed E-state index contributed by atoms with van der Waals surface area (Å²) in [6.45, 7) is 1.50. The summed E-state index contributed by atoms with van der Waals surface area (Å²) in [5.41, 5.74) is 5.29. The Bertz CT molecular complexity index is 1070. The molecule has 0 fully saturated rings. The molecule has 0 saturated heterocycles. The normalized spacial score (nSPS) is 12.4. The number of nitrogens with zero attached hydrogens (tertiary/aromatic N) is 2. The van der Waals surface area contributed by atoms with Crippen molar-refractivity contribution in [2.75, 3.05) is 10.6 Å². The maximum atomic E-state index is 11.4. The number of carbonyl (C=O) groups is 1. The van der Waals surface area contributed by atoms with Gasteiger partial charge in [0.1, 0.15) is 5.84 Å². The summed E-state index contributed by atoms with van der Waals surface area (Å²) in [6.07, 6.45) is 5.61. The van der Waals surface area contributed by atoms with Crippen molar-refractivity contribution in [1.29, 1.82) is 0 Å². The number of amides is 1. The summed E-state index contributed by atoms with van der Waals surface area (Å²) in [6, 6.07) is 19.5. The van der Waals surface area contributed by atoms with Gasteiger partial charge in [-0.1, -0.05) is 36.4 Å². The Balaban J connectivity index is 1.73. The van der Waals surface area contributed by atoms with E-state index in [0.29, 0.717) is 5.84 Å². The molecule has 0 spiro atoms. The van der Waals surface area contributed by atoms with Gasteiger partial charge in [-0.25, -0.2) is 4.99 Å². The van der Waals surface area contributed by atoms with Crippen LogP contribution in [0.1, 0.15) is 12.5 Å². The monoisotopic (exact) mass is 354 g/mol. The van der Waals surface area contributed by atoms with E-state index in [1.165, 1.54) is 6.92 Å². The van der Waals surface area contributed by atoms with E-state index in [1.807, 2.05) is 72.8 Å². The Morgan fingerprint density at radius 3 is 2.70 bits per heavy atom. The molecular weight excluding hydrogens is 336 g/mol. The SMILES string of the molecule is CC(=O)Nc1ccccc1/C=C/C1=Nc2ccccc2-c2ncccc2N1. The third-order valence-corrected chi connectivity index (χ3v) is 4.16. The quantitative estimate of drug-likeness (QED) is 0.705. The van der Waals surface area contributed by atoms with E-state index in [-0.39, 0.29) is 5.91 Å². The van der Waals surface area contributed by atoms with Gasteiger partial charge in [0.05, 0.1) is 17.1 Å². The lowest BCUT2D eigenvalue weighted by molar-refractivity contribution is -0.114. The smallest absolute Gasteiger partial charge is 0.221 e. The number of nitrogens with one attached hydrogen (secondary N) is 2. The Labute approximate surface area is 157 Å². The van der Waals surface area contributed by atoms with Crippen LogP contribution in [0, 0.1) is 0 Å². The zero-order valence-corrected chi connectivity index (χ0v) is 14.8. The fourth-order valence-corrected chi connectivity index (χ4v) is 2.98. The van der Waals surface area contributed by atoms with Crippen molar-refractivity contribution in [3.8, 4) is 11.3 Å². The Morgan fingerprint density at radius 2 is 1.81 bits per heavy atom.